The minimum atomic E-state index is -0.0948. The Hall–Kier alpha value is -2.95. The van der Waals surface area contributed by atoms with Crippen molar-refractivity contribution in [1.29, 1.82) is 0 Å². The molecule has 25 heavy (non-hydrogen) atoms. The lowest BCUT2D eigenvalue weighted by molar-refractivity contribution is 0.0993. The molecule has 0 atom stereocenters. The summed E-state index contributed by atoms with van der Waals surface area (Å²) in [5.41, 5.74) is 9.22. The fraction of sp³-hybridized carbons (Fsp3) is 0.250. The Balaban J connectivity index is 1.90. The van der Waals surface area contributed by atoms with Crippen LogP contribution in [0.25, 0.3) is 10.9 Å². The van der Waals surface area contributed by atoms with Gasteiger partial charge in [0.2, 0.25) is 0 Å². The molecule has 128 valence electrons. The number of hydrogen-bond acceptors (Lipinski definition) is 4. The smallest absolute Gasteiger partial charge is 0.258 e. The third-order valence-electron chi connectivity index (χ3n) is 4.34. The Morgan fingerprint density at radius 3 is 2.36 bits per heavy atom. The molecule has 3 aromatic rings. The van der Waals surface area contributed by atoms with E-state index in [0.717, 1.165) is 11.1 Å². The molecule has 3 rings (SSSR count). The summed E-state index contributed by atoms with van der Waals surface area (Å²) in [4.78, 5) is 22.6. The first-order valence-electron chi connectivity index (χ1n) is 8.16. The summed E-state index contributed by atoms with van der Waals surface area (Å²) in [6, 6.07) is 13.4. The highest BCUT2D eigenvalue weighted by atomic mass is 16.2. The van der Waals surface area contributed by atoms with E-state index >= 15 is 0 Å². The van der Waals surface area contributed by atoms with Crippen LogP contribution >= 0.6 is 0 Å². The predicted octanol–water partition coefficient (Wildman–Crippen LogP) is 3.79. The van der Waals surface area contributed by atoms with E-state index in [-0.39, 0.29) is 11.3 Å². The minimum Gasteiger partial charge on any atom is -0.383 e. The van der Waals surface area contributed by atoms with E-state index in [4.69, 9.17) is 5.73 Å². The monoisotopic (exact) mass is 334 g/mol. The van der Waals surface area contributed by atoms with Crippen molar-refractivity contribution in [3.05, 3.63) is 59.9 Å². The molecule has 2 aromatic carbocycles. The van der Waals surface area contributed by atoms with Gasteiger partial charge in [0.15, 0.2) is 0 Å². The van der Waals surface area contributed by atoms with Gasteiger partial charge in [0, 0.05) is 23.7 Å². The van der Waals surface area contributed by atoms with Crippen molar-refractivity contribution in [2.45, 2.75) is 26.2 Å². The first kappa shape index (κ1) is 16.9. The summed E-state index contributed by atoms with van der Waals surface area (Å²) in [5.74, 6) is 0.317. The molecule has 0 bridgehead atoms. The fourth-order valence-electron chi connectivity index (χ4n) is 2.71. The zero-order chi connectivity index (χ0) is 18.2. The number of benzene rings is 2. The second-order valence-corrected chi connectivity index (χ2v) is 7.15. The van der Waals surface area contributed by atoms with Crippen molar-refractivity contribution in [2.75, 3.05) is 17.7 Å². The molecule has 1 amide bonds. The third-order valence-corrected chi connectivity index (χ3v) is 4.34. The number of carbonyl (C=O) groups excluding carboxylic acids is 1. The summed E-state index contributed by atoms with van der Waals surface area (Å²) in [7, 11) is 1.77. The van der Waals surface area contributed by atoms with Crippen LogP contribution in [0.2, 0.25) is 0 Å². The lowest BCUT2D eigenvalue weighted by Gasteiger charge is -2.22. The van der Waals surface area contributed by atoms with Crippen LogP contribution in [0, 0.1) is 0 Å². The van der Waals surface area contributed by atoms with Gasteiger partial charge in [-0.2, -0.15) is 0 Å². The fourth-order valence-corrected chi connectivity index (χ4v) is 2.71. The Morgan fingerprint density at radius 2 is 1.72 bits per heavy atom. The zero-order valence-electron chi connectivity index (χ0n) is 14.9. The van der Waals surface area contributed by atoms with E-state index in [0.29, 0.717) is 16.9 Å². The van der Waals surface area contributed by atoms with Gasteiger partial charge in [-0.3, -0.25) is 4.79 Å². The molecule has 0 fully saturated rings. The summed E-state index contributed by atoms with van der Waals surface area (Å²) < 4.78 is 0. The van der Waals surface area contributed by atoms with Crippen LogP contribution in [0.5, 0.6) is 0 Å². The molecule has 5 nitrogen and oxygen atoms in total. The van der Waals surface area contributed by atoms with E-state index in [1.54, 1.807) is 30.1 Å². The van der Waals surface area contributed by atoms with Crippen molar-refractivity contribution in [3.8, 4) is 0 Å². The second-order valence-electron chi connectivity index (χ2n) is 7.15. The summed E-state index contributed by atoms with van der Waals surface area (Å²) >= 11 is 0. The Labute approximate surface area is 147 Å². The van der Waals surface area contributed by atoms with Gasteiger partial charge in [0.25, 0.3) is 5.91 Å². The lowest BCUT2D eigenvalue weighted by atomic mass is 9.87. The molecule has 0 aliphatic rings. The Bertz CT molecular complexity index is 927. The molecule has 1 aromatic heterocycles. The molecule has 0 radical (unpaired) electrons. The number of fused-ring (bicyclic) bond motifs is 1. The van der Waals surface area contributed by atoms with Crippen molar-refractivity contribution in [2.24, 2.45) is 0 Å². The number of nitrogens with two attached hydrogens (primary N) is 1. The average molecular weight is 334 g/mol. The van der Waals surface area contributed by atoms with Crippen LogP contribution in [0.1, 0.15) is 36.7 Å². The van der Waals surface area contributed by atoms with Crippen LogP contribution in [0.3, 0.4) is 0 Å². The van der Waals surface area contributed by atoms with Crippen molar-refractivity contribution in [3.63, 3.8) is 0 Å². The largest absolute Gasteiger partial charge is 0.383 e. The molecule has 0 aliphatic heterocycles. The van der Waals surface area contributed by atoms with Crippen LogP contribution in [0.15, 0.2) is 48.8 Å². The Morgan fingerprint density at radius 1 is 1.04 bits per heavy atom. The molecular formula is C20H22N4O. The average Bonchev–Trinajstić information content (AvgIpc) is 2.60. The first-order valence-corrected chi connectivity index (χ1v) is 8.16. The number of carbonyl (C=O) groups is 1. The quantitative estimate of drug-likeness (QED) is 0.774. The number of nitrogen functional groups attached to an aromatic ring is 1. The van der Waals surface area contributed by atoms with Gasteiger partial charge in [-0.25, -0.2) is 9.97 Å². The van der Waals surface area contributed by atoms with Crippen molar-refractivity contribution >= 4 is 28.3 Å². The van der Waals surface area contributed by atoms with Crippen LogP contribution < -0.4 is 10.6 Å². The standard InChI is InChI=1S/C20H22N4O/c1-20(2,3)14-6-8-15(9-7-14)24(4)19(25)13-5-10-16-17(11-13)22-12-23-18(16)21/h5-12H,1-4H3,(H2,21,22,23). The predicted molar refractivity (Wildman–Crippen MR) is 102 cm³/mol. The normalized spacial score (nSPS) is 11.5. The number of aromatic nitrogens is 2. The molecule has 0 aliphatic carbocycles. The van der Waals surface area contributed by atoms with Gasteiger partial charge >= 0.3 is 0 Å². The molecule has 0 saturated heterocycles. The van der Waals surface area contributed by atoms with E-state index < -0.39 is 0 Å². The molecule has 1 heterocycles. The zero-order valence-corrected chi connectivity index (χ0v) is 14.9. The van der Waals surface area contributed by atoms with E-state index in [2.05, 4.69) is 42.9 Å². The molecular weight excluding hydrogens is 312 g/mol. The van der Waals surface area contributed by atoms with Gasteiger partial charge in [0.1, 0.15) is 12.1 Å². The van der Waals surface area contributed by atoms with E-state index in [9.17, 15) is 4.79 Å². The number of hydrogen-bond donors (Lipinski definition) is 1. The van der Waals surface area contributed by atoms with Crippen molar-refractivity contribution < 1.29 is 4.79 Å². The maximum atomic E-state index is 12.8. The summed E-state index contributed by atoms with van der Waals surface area (Å²) in [6.45, 7) is 6.50. The molecule has 0 unspecified atom stereocenters. The minimum absolute atomic E-state index is 0.0824. The highest BCUT2D eigenvalue weighted by molar-refractivity contribution is 6.07. The number of amides is 1. The second kappa shape index (κ2) is 6.16. The number of rotatable bonds is 2. The SMILES string of the molecule is CN(C(=O)c1ccc2c(N)ncnc2c1)c1ccc(C(C)(C)C)cc1. The van der Waals surface area contributed by atoms with E-state index in [1.807, 2.05) is 12.1 Å². The molecule has 5 heteroatoms. The molecule has 2 N–H and O–H groups in total. The topological polar surface area (TPSA) is 72.1 Å². The third kappa shape index (κ3) is 3.31. The highest BCUT2D eigenvalue weighted by Gasteiger charge is 2.17. The lowest BCUT2D eigenvalue weighted by Crippen LogP contribution is -2.26. The number of nitrogens with zero attached hydrogens (tertiary/aromatic N) is 3. The Kier molecular flexibility index (Phi) is 4.17. The number of anilines is 2. The van der Waals surface area contributed by atoms with Gasteiger partial charge in [-0.1, -0.05) is 32.9 Å². The maximum Gasteiger partial charge on any atom is 0.258 e. The molecule has 0 saturated carbocycles. The summed E-state index contributed by atoms with van der Waals surface area (Å²) in [5, 5.41) is 0.747. The van der Waals surface area contributed by atoms with Crippen molar-refractivity contribution in [1.82, 2.24) is 9.97 Å². The van der Waals surface area contributed by atoms with Gasteiger partial charge < -0.3 is 10.6 Å². The van der Waals surface area contributed by atoms with Gasteiger partial charge in [-0.05, 0) is 41.3 Å². The molecule has 0 spiro atoms. The highest BCUT2D eigenvalue weighted by Crippen LogP contribution is 2.25. The van der Waals surface area contributed by atoms with Crippen LogP contribution in [0.4, 0.5) is 11.5 Å². The first-order chi connectivity index (χ1) is 11.8. The van der Waals surface area contributed by atoms with E-state index in [1.165, 1.54) is 11.9 Å². The van der Waals surface area contributed by atoms with Crippen LogP contribution in [-0.2, 0) is 5.41 Å². The van der Waals surface area contributed by atoms with Gasteiger partial charge in [0.05, 0.1) is 5.52 Å². The van der Waals surface area contributed by atoms with Crippen LogP contribution in [-0.4, -0.2) is 22.9 Å². The maximum absolute atomic E-state index is 12.8. The van der Waals surface area contributed by atoms with Gasteiger partial charge in [-0.15, -0.1) is 0 Å². The summed E-state index contributed by atoms with van der Waals surface area (Å²) in [6.07, 6.45) is 1.40.